The van der Waals surface area contributed by atoms with Gasteiger partial charge >= 0.3 is 0 Å². The van der Waals surface area contributed by atoms with Crippen LogP contribution in [0.25, 0.3) is 32.7 Å². The molecule has 118 valence electrons. The van der Waals surface area contributed by atoms with Crippen LogP contribution in [0.3, 0.4) is 0 Å². The molecular weight excluding hydrogens is 290 g/mol. The first-order valence-electron chi connectivity index (χ1n) is 8.55. The molecule has 4 aromatic carbocycles. The SMILES string of the molecule is CCc1ccc2ccccc2c1-c1c(CN)ccc2ccccc12. The zero-order chi connectivity index (χ0) is 16.5. The second-order valence-corrected chi connectivity index (χ2v) is 6.20. The smallest absolute Gasteiger partial charge is 0.0184 e. The summed E-state index contributed by atoms with van der Waals surface area (Å²) in [5.41, 5.74) is 11.3. The number of aryl methyl sites for hydroxylation is 1. The van der Waals surface area contributed by atoms with Crippen molar-refractivity contribution in [2.45, 2.75) is 19.9 Å². The summed E-state index contributed by atoms with van der Waals surface area (Å²) < 4.78 is 0. The Kier molecular flexibility index (Phi) is 3.79. The van der Waals surface area contributed by atoms with Crippen molar-refractivity contribution >= 4 is 21.5 Å². The minimum atomic E-state index is 0.548. The molecule has 0 radical (unpaired) electrons. The van der Waals surface area contributed by atoms with Gasteiger partial charge in [-0.15, -0.1) is 0 Å². The van der Waals surface area contributed by atoms with Crippen molar-refractivity contribution in [2.75, 3.05) is 0 Å². The molecule has 1 heteroatoms. The average molecular weight is 311 g/mol. The van der Waals surface area contributed by atoms with Gasteiger partial charge < -0.3 is 5.73 Å². The van der Waals surface area contributed by atoms with Crippen molar-refractivity contribution in [2.24, 2.45) is 5.73 Å². The van der Waals surface area contributed by atoms with Crippen LogP contribution in [-0.2, 0) is 13.0 Å². The van der Waals surface area contributed by atoms with E-state index in [1.807, 2.05) is 0 Å². The summed E-state index contributed by atoms with van der Waals surface area (Å²) in [6, 6.07) is 26.1. The van der Waals surface area contributed by atoms with Gasteiger partial charge in [-0.1, -0.05) is 79.7 Å². The Labute approximate surface area is 142 Å². The fourth-order valence-electron chi connectivity index (χ4n) is 3.69. The number of hydrogen-bond acceptors (Lipinski definition) is 1. The van der Waals surface area contributed by atoms with E-state index in [1.165, 1.54) is 43.8 Å². The lowest BCUT2D eigenvalue weighted by molar-refractivity contribution is 1.07. The standard InChI is InChI=1S/C23H21N/c1-2-16-11-12-17-7-3-5-9-20(17)22(16)23-19(15-24)14-13-18-8-4-6-10-21(18)23/h3-14H,2,15,24H2,1H3. The molecule has 0 unspecified atom stereocenters. The van der Waals surface area contributed by atoms with E-state index in [-0.39, 0.29) is 0 Å². The Morgan fingerprint density at radius 3 is 1.67 bits per heavy atom. The first-order valence-corrected chi connectivity index (χ1v) is 8.55. The molecule has 4 aromatic rings. The summed E-state index contributed by atoms with van der Waals surface area (Å²) in [4.78, 5) is 0. The quantitative estimate of drug-likeness (QED) is 0.517. The fourth-order valence-corrected chi connectivity index (χ4v) is 3.69. The molecule has 0 saturated carbocycles. The maximum absolute atomic E-state index is 6.11. The normalized spacial score (nSPS) is 11.2. The van der Waals surface area contributed by atoms with Crippen LogP contribution in [0.2, 0.25) is 0 Å². The maximum Gasteiger partial charge on any atom is 0.0184 e. The highest BCUT2D eigenvalue weighted by Gasteiger charge is 2.15. The Balaban J connectivity index is 2.21. The third-order valence-electron chi connectivity index (χ3n) is 4.88. The van der Waals surface area contributed by atoms with Crippen molar-refractivity contribution in [1.82, 2.24) is 0 Å². The van der Waals surface area contributed by atoms with Crippen molar-refractivity contribution in [3.05, 3.63) is 83.9 Å². The van der Waals surface area contributed by atoms with Crippen LogP contribution in [0.4, 0.5) is 0 Å². The molecular formula is C23H21N. The lowest BCUT2D eigenvalue weighted by atomic mass is 9.86. The monoisotopic (exact) mass is 311 g/mol. The lowest BCUT2D eigenvalue weighted by Gasteiger charge is -2.18. The molecule has 4 rings (SSSR count). The summed E-state index contributed by atoms with van der Waals surface area (Å²) in [5, 5.41) is 5.13. The van der Waals surface area contributed by atoms with E-state index >= 15 is 0 Å². The molecule has 0 aromatic heterocycles. The Morgan fingerprint density at radius 2 is 1.12 bits per heavy atom. The second kappa shape index (κ2) is 6.10. The van der Waals surface area contributed by atoms with Gasteiger partial charge in [0, 0.05) is 6.54 Å². The van der Waals surface area contributed by atoms with Crippen LogP contribution < -0.4 is 5.73 Å². The van der Waals surface area contributed by atoms with Crippen LogP contribution in [-0.4, -0.2) is 0 Å². The summed E-state index contributed by atoms with van der Waals surface area (Å²) in [7, 11) is 0. The molecule has 24 heavy (non-hydrogen) atoms. The lowest BCUT2D eigenvalue weighted by Crippen LogP contribution is -2.01. The second-order valence-electron chi connectivity index (χ2n) is 6.20. The van der Waals surface area contributed by atoms with Gasteiger partial charge in [0.1, 0.15) is 0 Å². The fraction of sp³-hybridized carbons (Fsp3) is 0.130. The van der Waals surface area contributed by atoms with Gasteiger partial charge in [0.25, 0.3) is 0 Å². The number of rotatable bonds is 3. The predicted molar refractivity (Wildman–Crippen MR) is 104 cm³/mol. The summed E-state index contributed by atoms with van der Waals surface area (Å²) in [6.45, 7) is 2.77. The summed E-state index contributed by atoms with van der Waals surface area (Å²) in [5.74, 6) is 0. The van der Waals surface area contributed by atoms with E-state index in [2.05, 4.69) is 79.7 Å². The van der Waals surface area contributed by atoms with Gasteiger partial charge in [-0.05, 0) is 50.2 Å². The maximum atomic E-state index is 6.11. The van der Waals surface area contributed by atoms with E-state index in [9.17, 15) is 0 Å². The first kappa shape index (κ1) is 14.9. The van der Waals surface area contributed by atoms with E-state index in [0.717, 1.165) is 6.42 Å². The highest BCUT2D eigenvalue weighted by Crippen LogP contribution is 2.39. The zero-order valence-electron chi connectivity index (χ0n) is 13.9. The highest BCUT2D eigenvalue weighted by atomic mass is 14.5. The minimum Gasteiger partial charge on any atom is -0.326 e. The average Bonchev–Trinajstić information content (AvgIpc) is 2.66. The molecule has 0 bridgehead atoms. The first-order chi connectivity index (χ1) is 11.8. The van der Waals surface area contributed by atoms with Crippen LogP contribution in [0.15, 0.2) is 72.8 Å². The van der Waals surface area contributed by atoms with Gasteiger partial charge in [0.05, 0.1) is 0 Å². The van der Waals surface area contributed by atoms with Crippen molar-refractivity contribution in [3.8, 4) is 11.1 Å². The number of hydrogen-bond donors (Lipinski definition) is 1. The molecule has 0 heterocycles. The predicted octanol–water partition coefficient (Wildman–Crippen LogP) is 5.68. The molecule has 0 aliphatic rings. The van der Waals surface area contributed by atoms with Crippen molar-refractivity contribution < 1.29 is 0 Å². The van der Waals surface area contributed by atoms with Crippen LogP contribution in [0.1, 0.15) is 18.1 Å². The van der Waals surface area contributed by atoms with Gasteiger partial charge in [-0.25, -0.2) is 0 Å². The van der Waals surface area contributed by atoms with Crippen molar-refractivity contribution in [3.63, 3.8) is 0 Å². The topological polar surface area (TPSA) is 26.0 Å². The molecule has 0 spiro atoms. The van der Waals surface area contributed by atoms with Gasteiger partial charge in [0.15, 0.2) is 0 Å². The van der Waals surface area contributed by atoms with Crippen LogP contribution >= 0.6 is 0 Å². The molecule has 0 amide bonds. The highest BCUT2D eigenvalue weighted by molar-refractivity contribution is 6.07. The third-order valence-corrected chi connectivity index (χ3v) is 4.88. The van der Waals surface area contributed by atoms with Gasteiger partial charge in [0.2, 0.25) is 0 Å². The van der Waals surface area contributed by atoms with E-state index in [1.54, 1.807) is 0 Å². The number of benzene rings is 4. The molecule has 0 aliphatic carbocycles. The van der Waals surface area contributed by atoms with E-state index in [0.29, 0.717) is 6.54 Å². The molecule has 0 fully saturated rings. The Hall–Kier alpha value is -2.64. The van der Waals surface area contributed by atoms with Crippen molar-refractivity contribution in [1.29, 1.82) is 0 Å². The molecule has 0 atom stereocenters. The summed E-state index contributed by atoms with van der Waals surface area (Å²) in [6.07, 6.45) is 1.01. The number of nitrogens with two attached hydrogens (primary N) is 1. The van der Waals surface area contributed by atoms with E-state index < -0.39 is 0 Å². The number of fused-ring (bicyclic) bond motifs is 2. The molecule has 2 N–H and O–H groups in total. The Morgan fingerprint density at radius 1 is 0.625 bits per heavy atom. The molecule has 0 aliphatic heterocycles. The minimum absolute atomic E-state index is 0.548. The van der Waals surface area contributed by atoms with Crippen LogP contribution in [0, 0.1) is 0 Å². The summed E-state index contributed by atoms with van der Waals surface area (Å²) >= 11 is 0. The van der Waals surface area contributed by atoms with E-state index in [4.69, 9.17) is 5.73 Å². The Bertz CT molecular complexity index is 945. The zero-order valence-corrected chi connectivity index (χ0v) is 13.9. The van der Waals surface area contributed by atoms with Crippen LogP contribution in [0.5, 0.6) is 0 Å². The molecule has 0 saturated heterocycles. The largest absolute Gasteiger partial charge is 0.326 e. The molecule has 1 nitrogen and oxygen atoms in total. The van der Waals surface area contributed by atoms with Gasteiger partial charge in [-0.3, -0.25) is 0 Å². The van der Waals surface area contributed by atoms with Gasteiger partial charge in [-0.2, -0.15) is 0 Å². The third kappa shape index (κ3) is 2.29.